The van der Waals surface area contributed by atoms with Gasteiger partial charge in [0, 0.05) is 0 Å². The zero-order chi connectivity index (χ0) is 15.9. The normalized spacial score (nSPS) is 10.6. The summed E-state index contributed by atoms with van der Waals surface area (Å²) in [6, 6.07) is 0. The summed E-state index contributed by atoms with van der Waals surface area (Å²) in [4.78, 5) is 24.5. The van der Waals surface area contributed by atoms with E-state index < -0.39 is 5.97 Å². The Morgan fingerprint density at radius 1 is 1.05 bits per heavy atom. The number of nitrogens with zero attached hydrogens (tertiary/aromatic N) is 1. The molecule has 0 fully saturated rings. The van der Waals surface area contributed by atoms with Crippen LogP contribution in [0.5, 0.6) is 0 Å². The number of unbranched alkanes of at least 4 members (excludes halogenated alkanes) is 2. The number of carbonyl (C=O) groups is 2. The average Bonchev–Trinajstić information content (AvgIpc) is 2.44. The van der Waals surface area contributed by atoms with Crippen LogP contribution in [0.25, 0.3) is 0 Å². The maximum atomic E-state index is 11.8. The second-order valence-corrected chi connectivity index (χ2v) is 13.8. The Balaban J connectivity index is 3.89. The van der Waals surface area contributed by atoms with Gasteiger partial charge in [-0.2, -0.15) is 0 Å². The molecule has 0 bridgehead atoms. The van der Waals surface area contributed by atoms with Crippen molar-refractivity contribution in [3.8, 4) is 0 Å². The van der Waals surface area contributed by atoms with Crippen LogP contribution in [0, 0.1) is 0 Å². The summed E-state index contributed by atoms with van der Waals surface area (Å²) >= 11 is 1.87. The number of rotatable bonds is 14. The molecule has 0 saturated carbocycles. The molecule has 0 atom stereocenters. The number of amides is 1. The quantitative estimate of drug-likeness (QED) is 0.204. The molecular formula is C12H22N2O3S2Tl2. The van der Waals surface area contributed by atoms with E-state index in [9.17, 15) is 9.59 Å². The molecule has 0 saturated heterocycles. The minimum atomic E-state index is -0.725. The van der Waals surface area contributed by atoms with E-state index in [1.807, 2.05) is 16.6 Å². The van der Waals surface area contributed by atoms with Gasteiger partial charge in [0.25, 0.3) is 0 Å². The Hall–Kier alpha value is 1.44. The molecule has 0 aliphatic heterocycles. The SMILES string of the molecule is O=C(O)CCCCCN(CC[S][Tl])CC(=O)NCC[S][Tl]. The molecule has 5 nitrogen and oxygen atoms in total. The number of hydrogen-bond acceptors (Lipinski definition) is 5. The first-order valence-corrected chi connectivity index (χ1v) is 20.0. The van der Waals surface area contributed by atoms with Crippen molar-refractivity contribution in [2.75, 3.05) is 37.7 Å². The summed E-state index contributed by atoms with van der Waals surface area (Å²) in [5, 5.41) is 11.6. The van der Waals surface area contributed by atoms with Gasteiger partial charge in [0.15, 0.2) is 0 Å². The zero-order valence-electron chi connectivity index (χ0n) is 12.3. The van der Waals surface area contributed by atoms with Crippen molar-refractivity contribution in [2.45, 2.75) is 25.7 Å². The van der Waals surface area contributed by atoms with Gasteiger partial charge in [-0.05, 0) is 0 Å². The first-order chi connectivity index (χ1) is 10.1. The summed E-state index contributed by atoms with van der Waals surface area (Å²) in [7, 11) is 3.83. The maximum absolute atomic E-state index is 11.8. The van der Waals surface area contributed by atoms with Crippen LogP contribution in [-0.2, 0) is 9.59 Å². The van der Waals surface area contributed by atoms with Crippen molar-refractivity contribution in [2.24, 2.45) is 0 Å². The van der Waals surface area contributed by atoms with E-state index >= 15 is 0 Å². The van der Waals surface area contributed by atoms with Crippen LogP contribution < -0.4 is 5.32 Å². The van der Waals surface area contributed by atoms with E-state index in [4.69, 9.17) is 5.11 Å². The van der Waals surface area contributed by atoms with Gasteiger partial charge in [-0.15, -0.1) is 0 Å². The predicted octanol–water partition coefficient (Wildman–Crippen LogP) is 0.683. The number of nitrogens with one attached hydrogen (secondary N) is 1. The third-order valence-corrected chi connectivity index (χ3v) is 9.16. The van der Waals surface area contributed by atoms with Crippen molar-refractivity contribution in [1.82, 2.24) is 10.2 Å². The van der Waals surface area contributed by atoms with Crippen LogP contribution in [0.2, 0.25) is 0 Å². The fourth-order valence-corrected chi connectivity index (χ4v) is 4.94. The van der Waals surface area contributed by atoms with E-state index in [2.05, 4.69) is 10.2 Å². The number of carboxylic acid groups (broad SMARTS) is 1. The number of hydrogen-bond donors (Lipinski definition) is 2. The molecule has 0 aliphatic rings. The van der Waals surface area contributed by atoms with Crippen molar-refractivity contribution in [1.29, 1.82) is 0 Å². The molecule has 1 amide bonds. The van der Waals surface area contributed by atoms with E-state index in [0.29, 0.717) is 6.54 Å². The Morgan fingerprint density at radius 3 is 2.38 bits per heavy atom. The van der Waals surface area contributed by atoms with E-state index in [-0.39, 0.29) is 12.3 Å². The standard InChI is InChI=1S/C12H24N2O3S2.2Tl/c15-11(13-5-8-18)10-14(7-9-19)6-3-1-2-4-12(16)17;;/h18-19H,1-10H2,(H,13,15)(H,16,17);;/q;2*+1/p-2. The molecule has 0 aromatic carbocycles. The zero-order valence-corrected chi connectivity index (χ0v) is 22.9. The van der Waals surface area contributed by atoms with Crippen molar-refractivity contribution < 1.29 is 14.7 Å². The molecule has 0 spiro atoms. The number of carboxylic acids is 1. The van der Waals surface area contributed by atoms with Crippen molar-refractivity contribution >= 4 is 77.0 Å². The molecule has 9 heteroatoms. The monoisotopic (exact) mass is 716 g/mol. The van der Waals surface area contributed by atoms with Gasteiger partial charge in [0.2, 0.25) is 0 Å². The van der Waals surface area contributed by atoms with Gasteiger partial charge in [-0.25, -0.2) is 0 Å². The van der Waals surface area contributed by atoms with Crippen LogP contribution in [-0.4, -0.2) is 108 Å². The molecule has 21 heavy (non-hydrogen) atoms. The number of carbonyl (C=O) groups excluding carboxylic acids is 1. The summed E-state index contributed by atoms with van der Waals surface area (Å²) in [5.41, 5.74) is 0. The van der Waals surface area contributed by atoms with E-state index in [1.165, 1.54) is 0 Å². The molecular weight excluding hydrogens is 693 g/mol. The summed E-state index contributed by atoms with van der Waals surface area (Å²) in [6.07, 6.45) is 2.85. The molecule has 0 aromatic heterocycles. The molecule has 2 N–H and O–H groups in total. The molecule has 0 aromatic rings. The van der Waals surface area contributed by atoms with Crippen molar-refractivity contribution in [3.05, 3.63) is 0 Å². The summed E-state index contributed by atoms with van der Waals surface area (Å²) in [5.74, 6) is 1.49. The predicted molar refractivity (Wildman–Crippen MR) is 92.0 cm³/mol. The van der Waals surface area contributed by atoms with Gasteiger partial charge < -0.3 is 0 Å². The van der Waals surface area contributed by atoms with Crippen LogP contribution in [0.1, 0.15) is 25.7 Å². The average molecular weight is 715 g/mol. The molecule has 0 radical (unpaired) electrons. The third-order valence-electron chi connectivity index (χ3n) is 2.80. The first kappa shape index (κ1) is 22.4. The Kier molecular flexibility index (Phi) is 17.4. The summed E-state index contributed by atoms with van der Waals surface area (Å²) < 4.78 is 0. The second-order valence-electron chi connectivity index (χ2n) is 4.57. The van der Waals surface area contributed by atoms with E-state index in [1.54, 1.807) is 0 Å². The van der Waals surface area contributed by atoms with Gasteiger partial charge in [0.1, 0.15) is 0 Å². The van der Waals surface area contributed by atoms with Gasteiger partial charge >= 0.3 is 165 Å². The fraction of sp³-hybridized carbons (Fsp3) is 0.833. The van der Waals surface area contributed by atoms with Crippen molar-refractivity contribution in [3.63, 3.8) is 0 Å². The Labute approximate surface area is 163 Å². The third kappa shape index (κ3) is 16.1. The van der Waals surface area contributed by atoms with E-state index in [0.717, 1.165) is 98.9 Å². The molecule has 0 rings (SSSR count). The van der Waals surface area contributed by atoms with Crippen LogP contribution in [0.3, 0.4) is 0 Å². The van der Waals surface area contributed by atoms with Gasteiger partial charge in [-0.1, -0.05) is 0 Å². The molecule has 0 unspecified atom stereocenters. The summed E-state index contributed by atoms with van der Waals surface area (Å²) in [6.45, 7) is 3.07. The van der Waals surface area contributed by atoms with Gasteiger partial charge in [0.05, 0.1) is 0 Å². The Morgan fingerprint density at radius 2 is 1.76 bits per heavy atom. The Bertz CT molecular complexity index is 300. The fourth-order valence-electron chi connectivity index (χ4n) is 1.75. The molecule has 0 aliphatic carbocycles. The number of aliphatic carboxylic acids is 1. The van der Waals surface area contributed by atoms with Crippen LogP contribution in [0.15, 0.2) is 0 Å². The minimum absolute atomic E-state index is 0.111. The molecule has 116 valence electrons. The molecule has 0 heterocycles. The van der Waals surface area contributed by atoms with Crippen LogP contribution in [0.4, 0.5) is 0 Å². The van der Waals surface area contributed by atoms with Gasteiger partial charge in [-0.3, -0.25) is 0 Å². The topological polar surface area (TPSA) is 69.6 Å². The second kappa shape index (κ2) is 16.3. The van der Waals surface area contributed by atoms with Crippen LogP contribution >= 0.6 is 16.6 Å². The first-order valence-electron chi connectivity index (χ1n) is 6.94.